The first-order valence-corrected chi connectivity index (χ1v) is 3.58. The van der Waals surface area contributed by atoms with E-state index in [1.165, 1.54) is 0 Å². The average molecular weight is 173 g/mol. The Hall–Kier alpha value is 0.430. The van der Waals surface area contributed by atoms with Gasteiger partial charge in [0.25, 0.3) is 0 Å². The molecule has 0 saturated heterocycles. The van der Waals surface area contributed by atoms with Gasteiger partial charge in [-0.15, -0.1) is 0 Å². The molecule has 0 aromatic heterocycles. The van der Waals surface area contributed by atoms with Crippen LogP contribution in [0, 0.1) is 0 Å². The molecule has 0 aromatic rings. The molecule has 0 spiro atoms. The number of halogens is 1. The van der Waals surface area contributed by atoms with E-state index in [0.29, 0.717) is 0 Å². The zero-order valence-corrected chi connectivity index (χ0v) is 5.70. The Balaban J connectivity index is 3.57. The molecule has 0 heterocycles. The molecule has 4 heteroatoms. The molecule has 0 N–H and O–H groups in total. The maximum atomic E-state index is 9.69. The Morgan fingerprint density at radius 2 is 1.83 bits per heavy atom. The highest BCUT2D eigenvalue weighted by molar-refractivity contribution is 9.11. The maximum absolute atomic E-state index is 9.69. The first-order chi connectivity index (χ1) is 2.64. The molecule has 1 atom stereocenters. The van der Waals surface area contributed by atoms with Crippen molar-refractivity contribution in [2.45, 2.75) is 11.1 Å². The molecule has 0 rings (SSSR count). The van der Waals surface area contributed by atoms with E-state index in [-0.39, 0.29) is 4.16 Å². The molecular formula is C2H5BrO2S. The van der Waals surface area contributed by atoms with Crippen molar-refractivity contribution in [3.63, 3.8) is 0 Å². The summed E-state index contributed by atoms with van der Waals surface area (Å²) in [6.07, 6.45) is 0. The highest BCUT2D eigenvalue weighted by Crippen LogP contribution is 1.94. The van der Waals surface area contributed by atoms with Gasteiger partial charge in [0.2, 0.25) is 0 Å². The summed E-state index contributed by atoms with van der Waals surface area (Å²) < 4.78 is 19.0. The van der Waals surface area contributed by atoms with Gasteiger partial charge in [-0.25, -0.2) is 8.42 Å². The SMILES string of the molecule is CC(Br)[SH](=O)=O. The predicted octanol–water partition coefficient (Wildman–Crippen LogP) is 0.339. The first-order valence-electron chi connectivity index (χ1n) is 1.42. The summed E-state index contributed by atoms with van der Waals surface area (Å²) in [5.74, 6) is 0. The van der Waals surface area contributed by atoms with Crippen LogP contribution in [0.5, 0.6) is 0 Å². The van der Waals surface area contributed by atoms with Crippen LogP contribution >= 0.6 is 15.9 Å². The van der Waals surface area contributed by atoms with Gasteiger partial charge in [0, 0.05) is 0 Å². The van der Waals surface area contributed by atoms with Crippen LogP contribution in [0.1, 0.15) is 6.92 Å². The molecule has 1 unspecified atom stereocenters. The molecule has 0 aromatic carbocycles. The zero-order valence-electron chi connectivity index (χ0n) is 3.22. The third kappa shape index (κ3) is 2.66. The largest absolute Gasteiger partial charge is 0.231 e. The van der Waals surface area contributed by atoms with Crippen molar-refractivity contribution in [2.24, 2.45) is 0 Å². The van der Waals surface area contributed by atoms with E-state index < -0.39 is 10.7 Å². The fraction of sp³-hybridized carbons (Fsp3) is 1.00. The molecule has 38 valence electrons. The molecule has 0 fully saturated rings. The Kier molecular flexibility index (Phi) is 2.76. The lowest BCUT2D eigenvalue weighted by molar-refractivity contribution is 0.614. The molecule has 2 nitrogen and oxygen atoms in total. The highest BCUT2D eigenvalue weighted by atomic mass is 79.9. The molecule has 0 radical (unpaired) electrons. The maximum Gasteiger partial charge on any atom is 0.152 e. The lowest BCUT2D eigenvalue weighted by Gasteiger charge is -1.80. The molecule has 0 saturated carbocycles. The summed E-state index contributed by atoms with van der Waals surface area (Å²) >= 11 is 2.84. The van der Waals surface area contributed by atoms with E-state index in [2.05, 4.69) is 15.9 Å². The Bertz CT molecular complexity index is 87.7. The Morgan fingerprint density at radius 1 is 1.67 bits per heavy atom. The number of hydrogen-bond donors (Lipinski definition) is 1. The Labute approximate surface area is 46.6 Å². The molecule has 0 amide bonds. The smallest absolute Gasteiger partial charge is 0.152 e. The first kappa shape index (κ1) is 6.43. The molecule has 0 aliphatic rings. The van der Waals surface area contributed by atoms with Gasteiger partial charge in [0.15, 0.2) is 10.7 Å². The molecule has 0 bridgehead atoms. The summed E-state index contributed by atoms with van der Waals surface area (Å²) in [6.45, 7) is 1.56. The van der Waals surface area contributed by atoms with Gasteiger partial charge in [-0.2, -0.15) is 0 Å². The van der Waals surface area contributed by atoms with E-state index in [1.807, 2.05) is 0 Å². The van der Waals surface area contributed by atoms with E-state index in [9.17, 15) is 8.42 Å². The average Bonchev–Trinajstić information content (AvgIpc) is 1.36. The van der Waals surface area contributed by atoms with Crippen molar-refractivity contribution < 1.29 is 8.42 Å². The van der Waals surface area contributed by atoms with Crippen LogP contribution < -0.4 is 0 Å². The van der Waals surface area contributed by atoms with Crippen molar-refractivity contribution in [1.29, 1.82) is 0 Å². The van der Waals surface area contributed by atoms with Gasteiger partial charge in [-0.1, -0.05) is 15.9 Å². The third-order valence-corrected chi connectivity index (χ3v) is 1.87. The summed E-state index contributed by atoms with van der Waals surface area (Å²) in [4.78, 5) is 0. The normalized spacial score (nSPS) is 15.2. The summed E-state index contributed by atoms with van der Waals surface area (Å²) in [5, 5.41) is 0. The lowest BCUT2D eigenvalue weighted by Crippen LogP contribution is -1.88. The van der Waals surface area contributed by atoms with Crippen LogP contribution in [0.3, 0.4) is 0 Å². The summed E-state index contributed by atoms with van der Waals surface area (Å²) in [6, 6.07) is 0. The van der Waals surface area contributed by atoms with Gasteiger partial charge in [0.05, 0.1) is 0 Å². The van der Waals surface area contributed by atoms with Gasteiger partial charge < -0.3 is 0 Å². The van der Waals surface area contributed by atoms with Crippen LogP contribution in [0.4, 0.5) is 0 Å². The highest BCUT2D eigenvalue weighted by Gasteiger charge is 1.91. The van der Waals surface area contributed by atoms with Crippen molar-refractivity contribution in [2.75, 3.05) is 0 Å². The topological polar surface area (TPSA) is 34.1 Å². The summed E-state index contributed by atoms with van der Waals surface area (Å²) in [5.41, 5.74) is 0. The molecule has 0 aliphatic carbocycles. The van der Waals surface area contributed by atoms with Crippen LogP contribution in [0.2, 0.25) is 0 Å². The van der Waals surface area contributed by atoms with Crippen molar-refractivity contribution >= 4 is 26.6 Å². The van der Waals surface area contributed by atoms with E-state index >= 15 is 0 Å². The fourth-order valence-corrected chi connectivity index (χ4v) is 0. The minimum Gasteiger partial charge on any atom is -0.231 e. The molecule has 6 heavy (non-hydrogen) atoms. The number of thiol groups is 1. The fourth-order valence-electron chi connectivity index (χ4n) is 0. The van der Waals surface area contributed by atoms with Crippen molar-refractivity contribution in [3.05, 3.63) is 0 Å². The van der Waals surface area contributed by atoms with Crippen LogP contribution in [-0.2, 0) is 10.7 Å². The lowest BCUT2D eigenvalue weighted by atomic mass is 11.0. The van der Waals surface area contributed by atoms with E-state index in [0.717, 1.165) is 0 Å². The van der Waals surface area contributed by atoms with Crippen LogP contribution in [-0.4, -0.2) is 12.6 Å². The van der Waals surface area contributed by atoms with Gasteiger partial charge in [-0.3, -0.25) is 0 Å². The molecule has 0 aliphatic heterocycles. The second-order valence-corrected chi connectivity index (χ2v) is 4.29. The third-order valence-electron chi connectivity index (χ3n) is 0.291. The van der Waals surface area contributed by atoms with Gasteiger partial charge in [0.1, 0.15) is 4.16 Å². The number of rotatable bonds is 1. The Morgan fingerprint density at radius 3 is 1.83 bits per heavy atom. The predicted molar refractivity (Wildman–Crippen MR) is 28.7 cm³/mol. The van der Waals surface area contributed by atoms with Crippen molar-refractivity contribution in [1.82, 2.24) is 0 Å². The number of hydrogen-bond acceptors (Lipinski definition) is 2. The second-order valence-electron chi connectivity index (χ2n) is 0.859. The minimum atomic E-state index is -2.24. The second kappa shape index (κ2) is 2.58. The van der Waals surface area contributed by atoms with E-state index in [4.69, 9.17) is 0 Å². The van der Waals surface area contributed by atoms with Crippen molar-refractivity contribution in [3.8, 4) is 0 Å². The number of alkyl halides is 1. The molecular weight excluding hydrogens is 168 g/mol. The zero-order chi connectivity index (χ0) is 5.15. The quantitative estimate of drug-likeness (QED) is 0.458. The standard InChI is InChI=1S/C2H5BrO2S/c1-2(3)6(4)5/h2,6H,1H3. The minimum absolute atomic E-state index is 0.382. The summed E-state index contributed by atoms with van der Waals surface area (Å²) in [7, 11) is -2.24. The van der Waals surface area contributed by atoms with E-state index in [1.54, 1.807) is 6.92 Å². The van der Waals surface area contributed by atoms with Crippen LogP contribution in [0.15, 0.2) is 0 Å². The monoisotopic (exact) mass is 172 g/mol. The van der Waals surface area contributed by atoms with Gasteiger partial charge in [-0.05, 0) is 6.92 Å². The van der Waals surface area contributed by atoms with Gasteiger partial charge >= 0.3 is 0 Å². The van der Waals surface area contributed by atoms with Crippen LogP contribution in [0.25, 0.3) is 0 Å².